The molecule has 0 aromatic carbocycles. The molecule has 0 radical (unpaired) electrons. The van der Waals surface area contributed by atoms with E-state index in [1.54, 1.807) is 14.2 Å². The summed E-state index contributed by atoms with van der Waals surface area (Å²) in [6.07, 6.45) is 1.47. The van der Waals surface area contributed by atoms with E-state index in [4.69, 9.17) is 25.8 Å². The number of alkyl halides is 1. The van der Waals surface area contributed by atoms with Crippen LogP contribution in [0.3, 0.4) is 0 Å². The third-order valence-electron chi connectivity index (χ3n) is 0.492. The Hall–Kier alpha value is 1.28. The van der Waals surface area contributed by atoms with E-state index in [1.165, 1.54) is 6.38 Å². The third-order valence-corrected chi connectivity index (χ3v) is 0.492. The number of ether oxygens (including phenoxy) is 2. The molecular weight excluding hydrogens is 312 g/mol. The van der Waals surface area contributed by atoms with Gasteiger partial charge in [-0.3, -0.25) is 0 Å². The number of hydrogen-bond acceptors (Lipinski definition) is 3. The zero-order valence-corrected chi connectivity index (χ0v) is 14.4. The molecule has 0 heterocycles. The standard InChI is InChI=1S/C4H11N.C4H10O2.CH3Cl.2ClH.Cr/c1-4(2,3)5;1-5-3-4-6-2;1-2;;;/h5H2,1-3H3;3-4H2,1-2H3;1H3;2*1H;/q;;;;;+2/p-2. The van der Waals surface area contributed by atoms with Crippen molar-refractivity contribution >= 4 is 31.7 Å². The Balaban J connectivity index is -0.0000000653. The van der Waals surface area contributed by atoms with Crippen LogP contribution in [0.4, 0.5) is 0 Å². The number of nitrogens with two attached hydrogens (primary N) is 1. The van der Waals surface area contributed by atoms with Crippen molar-refractivity contribution in [3.8, 4) is 0 Å². The van der Waals surface area contributed by atoms with Gasteiger partial charge in [-0.15, -0.1) is 11.6 Å². The molecule has 0 aliphatic heterocycles. The maximum atomic E-state index is 5.35. The van der Waals surface area contributed by atoms with Gasteiger partial charge >= 0.3 is 33.5 Å². The Morgan fingerprint density at radius 3 is 1.19 bits per heavy atom. The van der Waals surface area contributed by atoms with E-state index >= 15 is 0 Å². The molecule has 0 atom stereocenters. The summed E-state index contributed by atoms with van der Waals surface area (Å²) in [5, 5.41) is 0. The van der Waals surface area contributed by atoms with Gasteiger partial charge in [-0.05, 0) is 20.8 Å². The molecule has 0 amide bonds. The van der Waals surface area contributed by atoms with Crippen LogP contribution in [0.15, 0.2) is 0 Å². The summed E-state index contributed by atoms with van der Waals surface area (Å²) < 4.78 is 9.31. The van der Waals surface area contributed by atoms with E-state index in [-0.39, 0.29) is 18.9 Å². The van der Waals surface area contributed by atoms with E-state index in [0.29, 0.717) is 13.2 Å². The van der Waals surface area contributed by atoms with Gasteiger partial charge in [0, 0.05) is 26.1 Å². The average molecular weight is 337 g/mol. The SMILES string of the molecule is CC(C)(C)N.CCl.COCCOC.[Cl][Cr][Cl]. The molecule has 0 spiro atoms. The molecule has 104 valence electrons. The van der Waals surface area contributed by atoms with Crippen LogP contribution in [-0.2, 0) is 22.9 Å². The molecule has 16 heavy (non-hydrogen) atoms. The second-order valence-corrected chi connectivity index (χ2v) is 5.52. The van der Waals surface area contributed by atoms with E-state index in [0.717, 1.165) is 0 Å². The molecule has 2 N–H and O–H groups in total. The zero-order valence-electron chi connectivity index (χ0n) is 10.9. The van der Waals surface area contributed by atoms with Gasteiger partial charge in [0.25, 0.3) is 0 Å². The van der Waals surface area contributed by atoms with Crippen molar-refractivity contribution in [2.75, 3.05) is 33.8 Å². The van der Waals surface area contributed by atoms with Crippen molar-refractivity contribution in [3.63, 3.8) is 0 Å². The third kappa shape index (κ3) is 170. The van der Waals surface area contributed by atoms with Gasteiger partial charge in [0.2, 0.25) is 0 Å². The summed E-state index contributed by atoms with van der Waals surface area (Å²) in [4.78, 5) is 0. The molecule has 0 saturated carbocycles. The molecule has 0 fully saturated rings. The normalized spacial score (nSPS) is 8.62. The first-order valence-electron chi connectivity index (χ1n) is 4.37. The van der Waals surface area contributed by atoms with E-state index in [9.17, 15) is 0 Å². The average Bonchev–Trinajstić information content (AvgIpc) is 2.16. The molecule has 0 aromatic rings. The van der Waals surface area contributed by atoms with E-state index < -0.39 is 0 Å². The van der Waals surface area contributed by atoms with Crippen molar-refractivity contribution in [3.05, 3.63) is 0 Å². The Bertz CT molecular complexity index is 85.3. The van der Waals surface area contributed by atoms with Crippen LogP contribution in [0, 0.1) is 0 Å². The van der Waals surface area contributed by atoms with Gasteiger partial charge in [0.05, 0.1) is 13.2 Å². The zero-order chi connectivity index (χ0) is 14.0. The summed E-state index contributed by atoms with van der Waals surface area (Å²) in [7, 11) is 13.0. The molecule has 0 aliphatic carbocycles. The van der Waals surface area contributed by atoms with Gasteiger partial charge in [-0.1, -0.05) is 0 Å². The number of methoxy groups -OCH3 is 2. The minimum absolute atomic E-state index is 0. The predicted octanol–water partition coefficient (Wildman–Crippen LogP) is 3.25. The van der Waals surface area contributed by atoms with Crippen LogP contribution >= 0.6 is 31.7 Å². The van der Waals surface area contributed by atoms with E-state index in [1.807, 2.05) is 20.8 Å². The first kappa shape index (κ1) is 26.0. The molecule has 0 rings (SSSR count). The summed E-state index contributed by atoms with van der Waals surface area (Å²) in [5.74, 6) is 0. The summed E-state index contributed by atoms with van der Waals surface area (Å²) in [5.41, 5.74) is 5.35. The fourth-order valence-corrected chi connectivity index (χ4v) is 0.167. The van der Waals surface area contributed by atoms with Gasteiger partial charge in [0.1, 0.15) is 0 Å². The molecule has 0 saturated heterocycles. The monoisotopic (exact) mass is 335 g/mol. The van der Waals surface area contributed by atoms with Gasteiger partial charge in [0.15, 0.2) is 0 Å². The maximum absolute atomic E-state index is 5.35. The first-order chi connectivity index (χ1) is 7.33. The van der Waals surface area contributed by atoms with Crippen molar-refractivity contribution in [1.82, 2.24) is 0 Å². The van der Waals surface area contributed by atoms with Crippen LogP contribution in [0.5, 0.6) is 0 Å². The molecule has 0 bridgehead atoms. The van der Waals surface area contributed by atoms with Gasteiger partial charge in [-0.25, -0.2) is 0 Å². The summed E-state index contributed by atoms with van der Waals surface area (Å²) >= 11 is 4.46. The fraction of sp³-hybridized carbons (Fsp3) is 1.00. The first-order valence-corrected chi connectivity index (χ1v) is 8.63. The number of halogens is 3. The van der Waals surface area contributed by atoms with Crippen LogP contribution in [0.2, 0.25) is 0 Å². The van der Waals surface area contributed by atoms with Crippen LogP contribution < -0.4 is 5.73 Å². The number of rotatable bonds is 3. The van der Waals surface area contributed by atoms with Crippen LogP contribution in [0.25, 0.3) is 0 Å². The molecule has 0 aromatic heterocycles. The topological polar surface area (TPSA) is 44.5 Å². The molecule has 7 heteroatoms. The van der Waals surface area contributed by atoms with Crippen LogP contribution in [-0.4, -0.2) is 39.4 Å². The summed E-state index contributed by atoms with van der Waals surface area (Å²) in [6, 6.07) is 0. The summed E-state index contributed by atoms with van der Waals surface area (Å²) in [6.45, 7) is 7.28. The number of hydrogen-bond donors (Lipinski definition) is 1. The molecular formula is C9H24Cl3CrNO2. The molecule has 3 nitrogen and oxygen atoms in total. The van der Waals surface area contributed by atoms with Crippen molar-refractivity contribution in [2.45, 2.75) is 26.3 Å². The van der Waals surface area contributed by atoms with Crippen molar-refractivity contribution in [1.29, 1.82) is 0 Å². The Morgan fingerprint density at radius 1 is 1.00 bits per heavy atom. The molecule has 0 aliphatic rings. The predicted molar refractivity (Wildman–Crippen MR) is 71.2 cm³/mol. The molecule has 0 unspecified atom stereocenters. The van der Waals surface area contributed by atoms with E-state index in [2.05, 4.69) is 21.1 Å². The second kappa shape index (κ2) is 25.2. The minimum atomic E-state index is -0.181. The second-order valence-electron chi connectivity index (χ2n) is 3.41. The van der Waals surface area contributed by atoms with Gasteiger partial charge < -0.3 is 15.2 Å². The Labute approximate surface area is 120 Å². The fourth-order valence-electron chi connectivity index (χ4n) is 0.167. The van der Waals surface area contributed by atoms with Crippen molar-refractivity contribution < 1.29 is 22.9 Å². The quantitative estimate of drug-likeness (QED) is 0.635. The Kier molecular flexibility index (Phi) is 40.9. The Morgan fingerprint density at radius 2 is 1.12 bits per heavy atom. The van der Waals surface area contributed by atoms with Crippen molar-refractivity contribution in [2.24, 2.45) is 5.73 Å². The van der Waals surface area contributed by atoms with Gasteiger partial charge in [-0.2, -0.15) is 0 Å². The van der Waals surface area contributed by atoms with Crippen LogP contribution in [0.1, 0.15) is 20.8 Å².